The minimum atomic E-state index is -0.0138. The van der Waals surface area contributed by atoms with E-state index in [2.05, 4.69) is 38.8 Å². The smallest absolute Gasteiger partial charge is 0.317 e. The molecule has 7 nitrogen and oxygen atoms in total. The summed E-state index contributed by atoms with van der Waals surface area (Å²) in [6.07, 6.45) is 1.75. The molecule has 0 unspecified atom stereocenters. The number of thiophene rings is 1. The summed E-state index contributed by atoms with van der Waals surface area (Å²) in [4.78, 5) is 24.5. The molecule has 0 aliphatic carbocycles. The van der Waals surface area contributed by atoms with Crippen LogP contribution in [0.2, 0.25) is 0 Å². The lowest BCUT2D eigenvalue weighted by Crippen LogP contribution is -2.32. The summed E-state index contributed by atoms with van der Waals surface area (Å²) in [5.74, 6) is 1.40. The number of nitrogens with zero attached hydrogens (tertiary/aromatic N) is 3. The van der Waals surface area contributed by atoms with Gasteiger partial charge in [0, 0.05) is 37.3 Å². The number of nitrogens with one attached hydrogen (secondary N) is 2. The van der Waals surface area contributed by atoms with E-state index in [1.54, 1.807) is 29.5 Å². The van der Waals surface area contributed by atoms with Crippen LogP contribution in [0.15, 0.2) is 48.7 Å². The Kier molecular flexibility index (Phi) is 5.38. The third-order valence-electron chi connectivity index (χ3n) is 4.48. The number of carbonyl (C=O) groups excluding carboxylic acids is 1. The van der Waals surface area contributed by atoms with E-state index in [1.165, 1.54) is 0 Å². The number of carbonyl (C=O) groups is 1. The molecule has 2 N–H and O–H groups in total. The van der Waals surface area contributed by atoms with Crippen molar-refractivity contribution < 1.29 is 9.53 Å². The van der Waals surface area contributed by atoms with Crippen LogP contribution in [-0.2, 0) is 0 Å². The lowest BCUT2D eigenvalue weighted by Gasteiger charge is -2.14. The van der Waals surface area contributed by atoms with Crippen LogP contribution in [0.1, 0.15) is 0 Å². The van der Waals surface area contributed by atoms with Gasteiger partial charge in [-0.1, -0.05) is 12.1 Å². The maximum Gasteiger partial charge on any atom is 0.317 e. The van der Waals surface area contributed by atoms with Crippen LogP contribution in [0.3, 0.4) is 0 Å². The van der Waals surface area contributed by atoms with Gasteiger partial charge in [-0.3, -0.25) is 0 Å². The molecule has 4 rings (SSSR count). The molecule has 0 saturated carbocycles. The fraction of sp³-hybridized carbons (Fsp3) is 0.250. The fourth-order valence-electron chi connectivity index (χ4n) is 3.02. The number of methoxy groups -OCH3 is 1. The molecular formula is C20H21N5O2S. The molecule has 8 heteroatoms. The number of anilines is 1. The lowest BCUT2D eigenvalue weighted by atomic mass is 10.2. The first-order valence-corrected chi connectivity index (χ1v) is 9.89. The van der Waals surface area contributed by atoms with Gasteiger partial charge in [0.05, 0.1) is 17.7 Å². The Balaban J connectivity index is 1.44. The van der Waals surface area contributed by atoms with Crippen molar-refractivity contribution in [2.45, 2.75) is 0 Å². The van der Waals surface area contributed by atoms with Crippen LogP contribution in [-0.4, -0.2) is 54.2 Å². The first kappa shape index (κ1) is 18.2. The van der Waals surface area contributed by atoms with Crippen molar-refractivity contribution >= 4 is 23.3 Å². The Hall–Kier alpha value is -3.13. The van der Waals surface area contributed by atoms with Crippen LogP contribution < -0.4 is 15.4 Å². The topological polar surface area (TPSA) is 79.4 Å². The van der Waals surface area contributed by atoms with Gasteiger partial charge in [-0.25, -0.2) is 14.8 Å². The van der Waals surface area contributed by atoms with Gasteiger partial charge in [-0.05, 0) is 35.9 Å². The SMILES string of the molecule is COc1cccc(-c2ccc(-c3ccnc(NCCN4CCNC4=O)n3)s2)c1. The first-order valence-electron chi connectivity index (χ1n) is 9.07. The number of benzene rings is 1. The van der Waals surface area contributed by atoms with E-state index in [0.717, 1.165) is 33.3 Å². The lowest BCUT2D eigenvalue weighted by molar-refractivity contribution is 0.219. The predicted octanol–water partition coefficient (Wildman–Crippen LogP) is 3.32. The molecule has 2 amide bonds. The normalized spacial score (nSPS) is 13.5. The summed E-state index contributed by atoms with van der Waals surface area (Å²) in [6.45, 7) is 2.68. The molecule has 1 saturated heterocycles. The number of hydrogen-bond donors (Lipinski definition) is 2. The zero-order valence-electron chi connectivity index (χ0n) is 15.5. The second-order valence-corrected chi connectivity index (χ2v) is 7.39. The van der Waals surface area contributed by atoms with E-state index in [1.807, 2.05) is 24.3 Å². The number of rotatable bonds is 7. The van der Waals surface area contributed by atoms with Crippen LogP contribution in [0, 0.1) is 0 Å². The van der Waals surface area contributed by atoms with Gasteiger partial charge in [-0.15, -0.1) is 11.3 Å². The molecule has 3 aromatic rings. The van der Waals surface area contributed by atoms with Crippen molar-refractivity contribution in [2.24, 2.45) is 0 Å². The monoisotopic (exact) mass is 395 g/mol. The molecule has 0 bridgehead atoms. The predicted molar refractivity (Wildman–Crippen MR) is 111 cm³/mol. The average molecular weight is 395 g/mol. The quantitative estimate of drug-likeness (QED) is 0.642. The van der Waals surface area contributed by atoms with E-state index >= 15 is 0 Å². The zero-order valence-corrected chi connectivity index (χ0v) is 16.3. The highest BCUT2D eigenvalue weighted by Gasteiger charge is 2.18. The molecule has 1 aromatic carbocycles. The maximum atomic E-state index is 11.6. The Morgan fingerprint density at radius 3 is 2.96 bits per heavy atom. The zero-order chi connectivity index (χ0) is 19.3. The van der Waals surface area contributed by atoms with Crippen molar-refractivity contribution in [3.8, 4) is 26.8 Å². The summed E-state index contributed by atoms with van der Waals surface area (Å²) in [5, 5.41) is 5.99. The summed E-state index contributed by atoms with van der Waals surface area (Å²) < 4.78 is 5.31. The van der Waals surface area contributed by atoms with Crippen LogP contribution in [0.4, 0.5) is 10.7 Å². The molecule has 28 heavy (non-hydrogen) atoms. The van der Waals surface area contributed by atoms with Crippen molar-refractivity contribution in [3.05, 3.63) is 48.7 Å². The molecule has 1 aliphatic rings. The third kappa shape index (κ3) is 4.07. The summed E-state index contributed by atoms with van der Waals surface area (Å²) in [7, 11) is 1.67. The van der Waals surface area contributed by atoms with Gasteiger partial charge >= 0.3 is 6.03 Å². The Labute approximate surface area is 167 Å². The molecule has 1 aliphatic heterocycles. The first-order chi connectivity index (χ1) is 13.7. The maximum absolute atomic E-state index is 11.6. The molecule has 0 radical (unpaired) electrons. The Morgan fingerprint density at radius 2 is 2.14 bits per heavy atom. The van der Waals surface area contributed by atoms with Crippen LogP contribution in [0.5, 0.6) is 5.75 Å². The third-order valence-corrected chi connectivity index (χ3v) is 5.64. The number of amides is 2. The van der Waals surface area contributed by atoms with Gasteiger partial charge in [0.15, 0.2) is 0 Å². The van der Waals surface area contributed by atoms with E-state index in [4.69, 9.17) is 4.74 Å². The number of ether oxygens (including phenoxy) is 1. The van der Waals surface area contributed by atoms with Gasteiger partial charge in [0.2, 0.25) is 5.95 Å². The van der Waals surface area contributed by atoms with E-state index < -0.39 is 0 Å². The largest absolute Gasteiger partial charge is 0.497 e. The van der Waals surface area contributed by atoms with Crippen LogP contribution in [0.25, 0.3) is 21.0 Å². The summed E-state index contributed by atoms with van der Waals surface area (Å²) in [6, 6.07) is 14.1. The molecular weight excluding hydrogens is 374 g/mol. The van der Waals surface area contributed by atoms with Crippen LogP contribution >= 0.6 is 11.3 Å². The molecule has 0 atom stereocenters. The number of urea groups is 1. The van der Waals surface area contributed by atoms with Crippen molar-refractivity contribution in [1.29, 1.82) is 0 Å². The minimum absolute atomic E-state index is 0.0138. The Bertz CT molecular complexity index is 974. The van der Waals surface area contributed by atoms with E-state index in [-0.39, 0.29) is 6.03 Å². The average Bonchev–Trinajstić information content (AvgIpc) is 3.38. The highest BCUT2D eigenvalue weighted by Crippen LogP contribution is 2.34. The number of aromatic nitrogens is 2. The van der Waals surface area contributed by atoms with Gasteiger partial charge in [0.1, 0.15) is 5.75 Å². The van der Waals surface area contributed by atoms with E-state index in [0.29, 0.717) is 25.6 Å². The van der Waals surface area contributed by atoms with Crippen molar-refractivity contribution in [3.63, 3.8) is 0 Å². The number of hydrogen-bond acceptors (Lipinski definition) is 6. The minimum Gasteiger partial charge on any atom is -0.497 e. The highest BCUT2D eigenvalue weighted by atomic mass is 32.1. The molecule has 2 aromatic heterocycles. The van der Waals surface area contributed by atoms with E-state index in [9.17, 15) is 4.79 Å². The van der Waals surface area contributed by atoms with Gasteiger partial charge in [-0.2, -0.15) is 0 Å². The molecule has 3 heterocycles. The second kappa shape index (κ2) is 8.26. The van der Waals surface area contributed by atoms with Gasteiger partial charge < -0.3 is 20.3 Å². The van der Waals surface area contributed by atoms with Gasteiger partial charge in [0.25, 0.3) is 0 Å². The molecule has 0 spiro atoms. The second-order valence-electron chi connectivity index (χ2n) is 6.31. The summed E-state index contributed by atoms with van der Waals surface area (Å²) >= 11 is 1.68. The standard InChI is InChI=1S/C20H21N5O2S/c1-27-15-4-2-3-14(13-15)17-5-6-18(28-17)16-7-8-21-19(24-16)22-9-11-25-12-10-23-20(25)26/h2-8,13H,9-12H2,1H3,(H,23,26)(H,21,22,24). The Morgan fingerprint density at radius 1 is 1.25 bits per heavy atom. The summed E-state index contributed by atoms with van der Waals surface area (Å²) in [5.41, 5.74) is 1.99. The molecule has 1 fully saturated rings. The van der Waals surface area contributed by atoms with Crippen molar-refractivity contribution in [2.75, 3.05) is 38.6 Å². The molecule has 144 valence electrons. The highest BCUT2D eigenvalue weighted by molar-refractivity contribution is 7.18. The fourth-order valence-corrected chi connectivity index (χ4v) is 3.99. The van der Waals surface area contributed by atoms with Crippen molar-refractivity contribution in [1.82, 2.24) is 20.2 Å².